The molecule has 1 saturated carbocycles. The molecule has 180 valence electrons. The number of ether oxygens (including phenoxy) is 2. The molecule has 3 N–H and O–H groups in total. The molecule has 10 nitrogen and oxygen atoms in total. The Morgan fingerprint density at radius 2 is 1.94 bits per heavy atom. The molecular formula is C25H26N6O4. The molecule has 2 atom stereocenters. The zero-order valence-electron chi connectivity index (χ0n) is 19.5. The molecular weight excluding hydrogens is 448 g/mol. The van der Waals surface area contributed by atoms with Gasteiger partial charge in [-0.2, -0.15) is 10.4 Å². The number of nitrogens with zero attached hydrogens (tertiary/aromatic N) is 4. The van der Waals surface area contributed by atoms with Crippen LogP contribution in [0.4, 0.5) is 5.69 Å². The lowest BCUT2D eigenvalue weighted by Crippen LogP contribution is -2.37. The fourth-order valence-corrected chi connectivity index (χ4v) is 4.64. The van der Waals surface area contributed by atoms with E-state index in [4.69, 9.17) is 15.2 Å². The number of primary amides is 1. The van der Waals surface area contributed by atoms with E-state index in [9.17, 15) is 14.9 Å². The van der Waals surface area contributed by atoms with Crippen LogP contribution in [-0.4, -0.2) is 65.8 Å². The van der Waals surface area contributed by atoms with Gasteiger partial charge in [0.2, 0.25) is 5.91 Å². The maximum atomic E-state index is 12.9. The molecule has 2 aromatic heterocycles. The summed E-state index contributed by atoms with van der Waals surface area (Å²) in [6.07, 6.45) is 4.16. The average molecular weight is 475 g/mol. The molecule has 1 aliphatic carbocycles. The largest absolute Gasteiger partial charge is 0.497 e. The van der Waals surface area contributed by atoms with Gasteiger partial charge in [-0.05, 0) is 36.6 Å². The third kappa shape index (κ3) is 3.94. The maximum absolute atomic E-state index is 12.9. The predicted octanol–water partition coefficient (Wildman–Crippen LogP) is 2.05. The minimum absolute atomic E-state index is 0.161. The molecule has 1 saturated heterocycles. The highest BCUT2D eigenvalue weighted by molar-refractivity contribution is 6.02. The second kappa shape index (κ2) is 8.60. The van der Waals surface area contributed by atoms with Gasteiger partial charge in [0.1, 0.15) is 11.2 Å². The monoisotopic (exact) mass is 474 g/mol. The van der Waals surface area contributed by atoms with E-state index in [0.717, 1.165) is 16.9 Å². The van der Waals surface area contributed by atoms with Crippen molar-refractivity contribution in [2.45, 2.75) is 25.0 Å². The Labute approximate surface area is 202 Å². The summed E-state index contributed by atoms with van der Waals surface area (Å²) in [5, 5.41) is 17.2. The number of nitrogens with two attached hydrogens (primary N) is 1. The summed E-state index contributed by atoms with van der Waals surface area (Å²) in [5.74, 6) is -0.0221. The number of nitriles is 1. The Balaban J connectivity index is 1.49. The number of anilines is 1. The summed E-state index contributed by atoms with van der Waals surface area (Å²) in [6.45, 7) is 0.710. The van der Waals surface area contributed by atoms with Crippen molar-refractivity contribution in [3.63, 3.8) is 0 Å². The molecule has 10 heteroatoms. The van der Waals surface area contributed by atoms with Crippen LogP contribution in [0, 0.1) is 16.7 Å². The number of benzene rings is 1. The van der Waals surface area contributed by atoms with Gasteiger partial charge >= 0.3 is 0 Å². The van der Waals surface area contributed by atoms with Crippen molar-refractivity contribution in [3.8, 4) is 22.9 Å². The van der Waals surface area contributed by atoms with Gasteiger partial charge in [0.15, 0.2) is 0 Å². The van der Waals surface area contributed by atoms with Crippen molar-refractivity contribution in [1.82, 2.24) is 14.5 Å². The Kier molecular flexibility index (Phi) is 5.57. The van der Waals surface area contributed by atoms with Gasteiger partial charge in [-0.25, -0.2) is 4.52 Å². The van der Waals surface area contributed by atoms with Crippen LogP contribution in [0.5, 0.6) is 5.75 Å². The number of methoxy groups -OCH3 is 2. The zero-order chi connectivity index (χ0) is 24.7. The third-order valence-corrected chi connectivity index (χ3v) is 6.89. The number of nitrogens with one attached hydrogen (secondary N) is 1. The second-order valence-electron chi connectivity index (χ2n) is 9.01. The zero-order valence-corrected chi connectivity index (χ0v) is 19.5. The molecule has 3 heterocycles. The van der Waals surface area contributed by atoms with E-state index >= 15 is 0 Å². The predicted molar refractivity (Wildman–Crippen MR) is 128 cm³/mol. The van der Waals surface area contributed by atoms with Gasteiger partial charge in [-0.1, -0.05) is 12.1 Å². The molecule has 35 heavy (non-hydrogen) atoms. The van der Waals surface area contributed by atoms with E-state index in [1.165, 1.54) is 6.20 Å². The summed E-state index contributed by atoms with van der Waals surface area (Å²) in [6, 6.07) is 11.4. The van der Waals surface area contributed by atoms with Crippen LogP contribution in [0.1, 0.15) is 23.2 Å². The van der Waals surface area contributed by atoms with Gasteiger partial charge < -0.3 is 25.4 Å². The molecule has 2 fully saturated rings. The van der Waals surface area contributed by atoms with E-state index in [0.29, 0.717) is 37.1 Å². The smallest absolute Gasteiger partial charge is 0.252 e. The van der Waals surface area contributed by atoms with Crippen molar-refractivity contribution in [1.29, 1.82) is 5.26 Å². The summed E-state index contributed by atoms with van der Waals surface area (Å²) in [5.41, 5.74) is 8.08. The number of carbonyl (C=O) groups excluding carboxylic acids is 2. The topological polar surface area (TPSA) is 135 Å². The Morgan fingerprint density at radius 1 is 1.20 bits per heavy atom. The first-order valence-corrected chi connectivity index (χ1v) is 11.3. The van der Waals surface area contributed by atoms with Gasteiger partial charge in [-0.3, -0.25) is 9.59 Å². The molecule has 5 rings (SSSR count). The average Bonchev–Trinajstić information content (AvgIpc) is 3.38. The molecule has 3 aromatic rings. The molecule has 0 unspecified atom stereocenters. The second-order valence-corrected chi connectivity index (χ2v) is 9.01. The quantitative estimate of drug-likeness (QED) is 0.535. The van der Waals surface area contributed by atoms with Crippen LogP contribution >= 0.6 is 0 Å². The SMILES string of the molecule is COc1ccc(-c2cc3c(N[C@@H]4CN(C(=O)C5(C#N)CC5)C[C@H]4OC)c(C(N)=O)cnn3c2)cc1. The first kappa shape index (κ1) is 22.7. The summed E-state index contributed by atoms with van der Waals surface area (Å²) in [7, 11) is 3.20. The number of likely N-dealkylation sites (tertiary alicyclic amines) is 1. The summed E-state index contributed by atoms with van der Waals surface area (Å²) in [4.78, 5) is 26.9. The summed E-state index contributed by atoms with van der Waals surface area (Å²) >= 11 is 0. The standard InChI is InChI=1S/C25H26N6O4/c1-34-17-5-3-15(4-6-17)16-9-20-22(18(23(27)32)10-28-31(20)11-16)29-19-12-30(13-21(19)35-2)24(33)25(14-26)7-8-25/h3-6,9-11,19,21,29H,7-8,12-13H2,1-2H3,(H2,27,32)/t19-,21-/m1/s1. The van der Waals surface area contributed by atoms with Gasteiger partial charge in [0, 0.05) is 32.0 Å². The molecule has 2 aliphatic rings. The third-order valence-electron chi connectivity index (χ3n) is 6.89. The summed E-state index contributed by atoms with van der Waals surface area (Å²) < 4.78 is 12.6. The minimum atomic E-state index is -0.899. The number of aromatic nitrogens is 2. The first-order valence-electron chi connectivity index (χ1n) is 11.3. The lowest BCUT2D eigenvalue weighted by atomic mass is 10.1. The van der Waals surface area contributed by atoms with Crippen LogP contribution in [-0.2, 0) is 9.53 Å². The van der Waals surface area contributed by atoms with Gasteiger partial charge in [-0.15, -0.1) is 0 Å². The van der Waals surface area contributed by atoms with E-state index in [1.54, 1.807) is 23.6 Å². The van der Waals surface area contributed by atoms with E-state index in [2.05, 4.69) is 16.5 Å². The number of hydrogen-bond donors (Lipinski definition) is 2. The lowest BCUT2D eigenvalue weighted by molar-refractivity contribution is -0.134. The van der Waals surface area contributed by atoms with Gasteiger partial charge in [0.05, 0.1) is 48.3 Å². The Morgan fingerprint density at radius 3 is 2.54 bits per heavy atom. The fourth-order valence-electron chi connectivity index (χ4n) is 4.64. The number of fused-ring (bicyclic) bond motifs is 1. The minimum Gasteiger partial charge on any atom is -0.497 e. The first-order chi connectivity index (χ1) is 16.9. The fraction of sp³-hybridized carbons (Fsp3) is 0.360. The molecule has 1 aromatic carbocycles. The molecule has 0 bridgehead atoms. The number of amides is 2. The highest BCUT2D eigenvalue weighted by Gasteiger charge is 2.54. The number of carbonyl (C=O) groups is 2. The maximum Gasteiger partial charge on any atom is 0.252 e. The number of rotatable bonds is 7. The van der Waals surface area contributed by atoms with E-state index < -0.39 is 11.3 Å². The van der Waals surface area contributed by atoms with Crippen molar-refractivity contribution >= 4 is 23.0 Å². The number of hydrogen-bond acceptors (Lipinski definition) is 7. The van der Waals surface area contributed by atoms with Gasteiger partial charge in [0.25, 0.3) is 5.91 Å². The normalized spacial score (nSPS) is 20.4. The molecule has 2 amide bonds. The van der Waals surface area contributed by atoms with Crippen molar-refractivity contribution in [3.05, 3.63) is 48.3 Å². The van der Waals surface area contributed by atoms with Crippen molar-refractivity contribution < 1.29 is 19.1 Å². The van der Waals surface area contributed by atoms with Crippen LogP contribution in [0.25, 0.3) is 16.6 Å². The molecule has 0 radical (unpaired) electrons. The Hall–Kier alpha value is -4.10. The highest BCUT2D eigenvalue weighted by Crippen LogP contribution is 2.47. The van der Waals surface area contributed by atoms with E-state index in [1.807, 2.05) is 36.5 Å². The van der Waals surface area contributed by atoms with Crippen molar-refractivity contribution in [2.24, 2.45) is 11.1 Å². The van der Waals surface area contributed by atoms with Crippen LogP contribution in [0.2, 0.25) is 0 Å². The Bertz CT molecular complexity index is 1340. The molecule has 0 spiro atoms. The highest BCUT2D eigenvalue weighted by atomic mass is 16.5. The van der Waals surface area contributed by atoms with Crippen LogP contribution in [0.3, 0.4) is 0 Å². The van der Waals surface area contributed by atoms with Crippen molar-refractivity contribution in [2.75, 3.05) is 32.6 Å². The van der Waals surface area contributed by atoms with Crippen LogP contribution in [0.15, 0.2) is 42.7 Å². The molecule has 1 aliphatic heterocycles. The lowest BCUT2D eigenvalue weighted by Gasteiger charge is -2.21. The van der Waals surface area contributed by atoms with Crippen LogP contribution < -0.4 is 15.8 Å². The van der Waals surface area contributed by atoms with E-state index in [-0.39, 0.29) is 23.6 Å².